The van der Waals surface area contributed by atoms with E-state index in [-0.39, 0.29) is 17.0 Å². The van der Waals surface area contributed by atoms with Crippen LogP contribution in [0, 0.1) is 0 Å². The van der Waals surface area contributed by atoms with E-state index in [0.717, 1.165) is 0 Å². The second-order valence-electron chi connectivity index (χ2n) is 3.53. The van der Waals surface area contributed by atoms with Crippen LogP contribution in [0.3, 0.4) is 0 Å². The molecule has 80 valence electrons. The Labute approximate surface area is 87.2 Å². The van der Waals surface area contributed by atoms with Crippen molar-refractivity contribution in [3.63, 3.8) is 0 Å². The standard InChI is InChI=1S/C11H12O4/c1-6(2)7-4-3-5-8(10(12)13)9(7)11(14)15/h3-6H,1-2H3,(H,12,13)(H,14,15). The van der Waals surface area contributed by atoms with Crippen molar-refractivity contribution < 1.29 is 19.8 Å². The summed E-state index contributed by atoms with van der Waals surface area (Å²) in [6, 6.07) is 4.50. The highest BCUT2D eigenvalue weighted by Crippen LogP contribution is 2.22. The summed E-state index contributed by atoms with van der Waals surface area (Å²) in [5.41, 5.74) is 0.274. The van der Waals surface area contributed by atoms with Gasteiger partial charge in [0.1, 0.15) is 0 Å². The molecule has 1 aromatic carbocycles. The Balaban J connectivity index is 3.48. The highest BCUT2D eigenvalue weighted by Gasteiger charge is 2.20. The molecule has 0 saturated heterocycles. The molecule has 2 N–H and O–H groups in total. The Hall–Kier alpha value is -1.84. The summed E-state index contributed by atoms with van der Waals surface area (Å²) < 4.78 is 0. The molecular formula is C11H12O4. The first-order valence-corrected chi connectivity index (χ1v) is 4.54. The van der Waals surface area contributed by atoms with Gasteiger partial charge < -0.3 is 10.2 Å². The monoisotopic (exact) mass is 208 g/mol. The molecule has 0 spiro atoms. The van der Waals surface area contributed by atoms with Crippen molar-refractivity contribution in [1.82, 2.24) is 0 Å². The molecule has 0 aliphatic carbocycles. The van der Waals surface area contributed by atoms with Gasteiger partial charge in [-0.15, -0.1) is 0 Å². The largest absolute Gasteiger partial charge is 0.478 e. The molecule has 1 rings (SSSR count). The zero-order valence-electron chi connectivity index (χ0n) is 8.52. The van der Waals surface area contributed by atoms with Gasteiger partial charge in [0.15, 0.2) is 0 Å². The number of hydrogen-bond donors (Lipinski definition) is 2. The maximum absolute atomic E-state index is 11.0. The van der Waals surface area contributed by atoms with Crippen LogP contribution in [0.5, 0.6) is 0 Å². The highest BCUT2D eigenvalue weighted by atomic mass is 16.4. The van der Waals surface area contributed by atoms with E-state index < -0.39 is 11.9 Å². The van der Waals surface area contributed by atoms with Gasteiger partial charge in [-0.3, -0.25) is 0 Å². The third-order valence-electron chi connectivity index (χ3n) is 2.16. The quantitative estimate of drug-likeness (QED) is 0.798. The average Bonchev–Trinajstić information content (AvgIpc) is 2.16. The van der Waals surface area contributed by atoms with Crippen molar-refractivity contribution in [2.75, 3.05) is 0 Å². The van der Waals surface area contributed by atoms with E-state index >= 15 is 0 Å². The topological polar surface area (TPSA) is 74.6 Å². The first-order valence-electron chi connectivity index (χ1n) is 4.54. The normalized spacial score (nSPS) is 10.3. The van der Waals surface area contributed by atoms with Crippen molar-refractivity contribution >= 4 is 11.9 Å². The molecule has 0 saturated carbocycles. The Kier molecular flexibility index (Phi) is 3.09. The lowest BCUT2D eigenvalue weighted by molar-refractivity contribution is 0.0650. The number of carbonyl (C=O) groups is 2. The summed E-state index contributed by atoms with van der Waals surface area (Å²) in [5, 5.41) is 17.8. The Morgan fingerprint density at radius 2 is 1.73 bits per heavy atom. The Morgan fingerprint density at radius 3 is 2.13 bits per heavy atom. The van der Waals surface area contributed by atoms with E-state index in [1.807, 2.05) is 13.8 Å². The number of carboxylic acids is 2. The molecule has 0 atom stereocenters. The van der Waals surface area contributed by atoms with Crippen molar-refractivity contribution in [3.05, 3.63) is 34.9 Å². The number of carboxylic acid groups (broad SMARTS) is 2. The molecule has 4 heteroatoms. The van der Waals surface area contributed by atoms with Crippen molar-refractivity contribution in [2.24, 2.45) is 0 Å². The molecule has 1 aromatic rings. The average molecular weight is 208 g/mol. The van der Waals surface area contributed by atoms with Gasteiger partial charge >= 0.3 is 11.9 Å². The smallest absolute Gasteiger partial charge is 0.336 e. The van der Waals surface area contributed by atoms with Crippen LogP contribution >= 0.6 is 0 Å². The van der Waals surface area contributed by atoms with Crippen LogP contribution in [-0.4, -0.2) is 22.2 Å². The molecule has 15 heavy (non-hydrogen) atoms. The van der Waals surface area contributed by atoms with E-state index in [1.54, 1.807) is 12.1 Å². The molecule has 4 nitrogen and oxygen atoms in total. The van der Waals surface area contributed by atoms with Crippen LogP contribution in [0.15, 0.2) is 18.2 Å². The molecular weight excluding hydrogens is 196 g/mol. The van der Waals surface area contributed by atoms with Crippen LogP contribution in [0.2, 0.25) is 0 Å². The second-order valence-corrected chi connectivity index (χ2v) is 3.53. The predicted molar refractivity (Wildman–Crippen MR) is 54.4 cm³/mol. The molecule has 0 aromatic heterocycles. The molecule has 0 aliphatic rings. The van der Waals surface area contributed by atoms with Gasteiger partial charge in [-0.25, -0.2) is 9.59 Å². The predicted octanol–water partition coefficient (Wildman–Crippen LogP) is 2.21. The van der Waals surface area contributed by atoms with Gasteiger partial charge in [0.05, 0.1) is 11.1 Å². The SMILES string of the molecule is CC(C)c1cccc(C(=O)O)c1C(=O)O. The molecule has 0 aliphatic heterocycles. The molecule has 0 fully saturated rings. The zero-order chi connectivity index (χ0) is 11.6. The highest BCUT2D eigenvalue weighted by molar-refractivity contribution is 6.02. The number of benzene rings is 1. The summed E-state index contributed by atoms with van der Waals surface area (Å²) in [6.45, 7) is 3.65. The lowest BCUT2D eigenvalue weighted by Crippen LogP contribution is -2.12. The van der Waals surface area contributed by atoms with Gasteiger partial charge in [0.2, 0.25) is 0 Å². The molecule has 0 amide bonds. The summed E-state index contributed by atoms with van der Waals surface area (Å²) in [6.07, 6.45) is 0. The summed E-state index contributed by atoms with van der Waals surface area (Å²) in [7, 11) is 0. The molecule has 0 radical (unpaired) electrons. The lowest BCUT2D eigenvalue weighted by atomic mass is 9.93. The van der Waals surface area contributed by atoms with E-state index in [1.165, 1.54) is 6.07 Å². The first kappa shape index (κ1) is 11.2. The van der Waals surface area contributed by atoms with Gasteiger partial charge in [-0.2, -0.15) is 0 Å². The minimum absolute atomic E-state index is 0.0181. The van der Waals surface area contributed by atoms with Crippen molar-refractivity contribution in [3.8, 4) is 0 Å². The van der Waals surface area contributed by atoms with Crippen LogP contribution in [0.1, 0.15) is 46.0 Å². The first-order chi connectivity index (χ1) is 6.95. The van der Waals surface area contributed by atoms with Crippen LogP contribution in [0.4, 0.5) is 0 Å². The Bertz CT molecular complexity index is 407. The number of hydrogen-bond acceptors (Lipinski definition) is 2. The van der Waals surface area contributed by atoms with Gasteiger partial charge in [0.25, 0.3) is 0 Å². The zero-order valence-corrected chi connectivity index (χ0v) is 8.52. The van der Waals surface area contributed by atoms with Crippen molar-refractivity contribution in [1.29, 1.82) is 0 Å². The fraction of sp³-hybridized carbons (Fsp3) is 0.273. The molecule has 0 unspecified atom stereocenters. The number of rotatable bonds is 3. The van der Waals surface area contributed by atoms with Crippen LogP contribution in [-0.2, 0) is 0 Å². The summed E-state index contributed by atoms with van der Waals surface area (Å²) >= 11 is 0. The molecule has 0 heterocycles. The van der Waals surface area contributed by atoms with Crippen LogP contribution in [0.25, 0.3) is 0 Å². The van der Waals surface area contributed by atoms with Crippen LogP contribution < -0.4 is 0 Å². The second kappa shape index (κ2) is 4.13. The maximum atomic E-state index is 11.0. The van der Waals surface area contributed by atoms with E-state index in [4.69, 9.17) is 10.2 Å². The third-order valence-corrected chi connectivity index (χ3v) is 2.16. The lowest BCUT2D eigenvalue weighted by Gasteiger charge is -2.11. The van der Waals surface area contributed by atoms with Gasteiger partial charge in [-0.1, -0.05) is 26.0 Å². The van der Waals surface area contributed by atoms with E-state index in [9.17, 15) is 9.59 Å². The fourth-order valence-electron chi connectivity index (χ4n) is 1.47. The summed E-state index contributed by atoms with van der Waals surface area (Å²) in [4.78, 5) is 21.8. The maximum Gasteiger partial charge on any atom is 0.336 e. The fourth-order valence-corrected chi connectivity index (χ4v) is 1.47. The van der Waals surface area contributed by atoms with E-state index in [0.29, 0.717) is 5.56 Å². The minimum Gasteiger partial charge on any atom is -0.478 e. The molecule has 0 bridgehead atoms. The third kappa shape index (κ3) is 2.15. The minimum atomic E-state index is -1.21. The van der Waals surface area contributed by atoms with Crippen molar-refractivity contribution in [2.45, 2.75) is 19.8 Å². The van der Waals surface area contributed by atoms with Gasteiger partial charge in [-0.05, 0) is 17.5 Å². The van der Waals surface area contributed by atoms with Gasteiger partial charge in [0, 0.05) is 0 Å². The number of aromatic carboxylic acids is 2. The van der Waals surface area contributed by atoms with E-state index in [2.05, 4.69) is 0 Å². The summed E-state index contributed by atoms with van der Waals surface area (Å²) in [5.74, 6) is -2.43. The Morgan fingerprint density at radius 1 is 1.13 bits per heavy atom.